The first-order valence-corrected chi connectivity index (χ1v) is 8.19. The average Bonchev–Trinajstić information content (AvgIpc) is 2.37. The van der Waals surface area contributed by atoms with Crippen LogP contribution in [-0.2, 0) is 5.41 Å². The van der Waals surface area contributed by atoms with Crippen molar-refractivity contribution in [3.8, 4) is 0 Å². The Bertz CT molecular complexity index is 462. The molecule has 1 aromatic rings. The molecule has 1 aliphatic heterocycles. The smallest absolute Gasteiger partial charge is 0.0355 e. The monoisotopic (exact) mass is 272 g/mol. The molecule has 110 valence electrons. The maximum Gasteiger partial charge on any atom is 0.0355 e. The normalized spacial score (nSPS) is 25.3. The summed E-state index contributed by atoms with van der Waals surface area (Å²) in [5.41, 5.74) is 3.50. The van der Waals surface area contributed by atoms with Crippen LogP contribution >= 0.6 is 0 Å². The van der Waals surface area contributed by atoms with Crippen molar-refractivity contribution in [2.24, 2.45) is 0 Å². The van der Waals surface area contributed by atoms with Gasteiger partial charge in [-0.2, -0.15) is 0 Å². The molecule has 1 saturated heterocycles. The molecule has 0 saturated carbocycles. The molecule has 1 aliphatic carbocycles. The Morgan fingerprint density at radius 1 is 1.25 bits per heavy atom. The number of fused-ring (bicyclic) bond motifs is 1. The van der Waals surface area contributed by atoms with Gasteiger partial charge in [0.15, 0.2) is 0 Å². The fourth-order valence-corrected chi connectivity index (χ4v) is 3.90. The second-order valence-corrected chi connectivity index (χ2v) is 7.08. The van der Waals surface area contributed by atoms with Crippen LogP contribution in [0.25, 0.3) is 0 Å². The lowest BCUT2D eigenvalue weighted by Gasteiger charge is -2.47. The van der Waals surface area contributed by atoms with E-state index in [0.29, 0.717) is 11.5 Å². The predicted octanol–water partition coefficient (Wildman–Crippen LogP) is 3.48. The molecule has 0 radical (unpaired) electrons. The molecule has 2 nitrogen and oxygen atoms in total. The van der Waals surface area contributed by atoms with Gasteiger partial charge in [0.05, 0.1) is 0 Å². The third kappa shape index (κ3) is 2.40. The van der Waals surface area contributed by atoms with Crippen molar-refractivity contribution in [2.75, 3.05) is 19.6 Å². The van der Waals surface area contributed by atoms with Crippen molar-refractivity contribution in [3.05, 3.63) is 35.4 Å². The summed E-state index contributed by atoms with van der Waals surface area (Å²) < 4.78 is 0. The van der Waals surface area contributed by atoms with Gasteiger partial charge in [-0.15, -0.1) is 0 Å². The van der Waals surface area contributed by atoms with E-state index in [1.54, 1.807) is 11.1 Å². The lowest BCUT2D eigenvalue weighted by molar-refractivity contribution is 0.0779. The van der Waals surface area contributed by atoms with Gasteiger partial charge in [0.25, 0.3) is 0 Å². The number of rotatable bonds is 4. The van der Waals surface area contributed by atoms with Crippen LogP contribution in [0.1, 0.15) is 57.2 Å². The summed E-state index contributed by atoms with van der Waals surface area (Å²) in [6, 6.07) is 10.5. The molecule has 0 spiro atoms. The van der Waals surface area contributed by atoms with Crippen molar-refractivity contribution in [1.82, 2.24) is 10.2 Å². The first kappa shape index (κ1) is 14.1. The minimum atomic E-state index is 0.336. The fourth-order valence-electron chi connectivity index (χ4n) is 3.90. The summed E-state index contributed by atoms with van der Waals surface area (Å²) >= 11 is 0. The second-order valence-electron chi connectivity index (χ2n) is 7.08. The van der Waals surface area contributed by atoms with Gasteiger partial charge in [-0.25, -0.2) is 0 Å². The summed E-state index contributed by atoms with van der Waals surface area (Å²) in [4.78, 5) is 2.77. The van der Waals surface area contributed by atoms with Crippen LogP contribution in [0.15, 0.2) is 24.3 Å². The predicted molar refractivity (Wildman–Crippen MR) is 85.1 cm³/mol. The molecular weight excluding hydrogens is 244 g/mol. The minimum absolute atomic E-state index is 0.336. The molecule has 0 aromatic heterocycles. The highest BCUT2D eigenvalue weighted by molar-refractivity contribution is 5.38. The summed E-state index contributed by atoms with van der Waals surface area (Å²) in [5, 5.41) is 3.44. The van der Waals surface area contributed by atoms with Crippen LogP contribution in [-0.4, -0.2) is 30.6 Å². The summed E-state index contributed by atoms with van der Waals surface area (Å²) in [6.07, 6.45) is 3.86. The lowest BCUT2D eigenvalue weighted by Crippen LogP contribution is -2.58. The quantitative estimate of drug-likeness (QED) is 0.902. The first-order valence-electron chi connectivity index (χ1n) is 8.19. The van der Waals surface area contributed by atoms with Gasteiger partial charge in [-0.1, -0.05) is 45.0 Å². The lowest BCUT2D eigenvalue weighted by atomic mass is 9.70. The number of hydrogen-bond donors (Lipinski definition) is 1. The van der Waals surface area contributed by atoms with Crippen molar-refractivity contribution < 1.29 is 0 Å². The SMILES string of the molecule is CCCN(C1CNC1)C1CCC(C)(C)c2ccccc21. The number of benzene rings is 1. The molecule has 2 heteroatoms. The third-order valence-corrected chi connectivity index (χ3v) is 5.20. The molecule has 20 heavy (non-hydrogen) atoms. The van der Waals surface area contributed by atoms with Gasteiger partial charge in [0.2, 0.25) is 0 Å². The average molecular weight is 272 g/mol. The van der Waals surface area contributed by atoms with Crippen molar-refractivity contribution >= 4 is 0 Å². The van der Waals surface area contributed by atoms with Gasteiger partial charge in [-0.05, 0) is 42.3 Å². The molecule has 1 unspecified atom stereocenters. The zero-order chi connectivity index (χ0) is 14.2. The van der Waals surface area contributed by atoms with E-state index in [4.69, 9.17) is 0 Å². The zero-order valence-corrected chi connectivity index (χ0v) is 13.2. The Kier molecular flexibility index (Phi) is 3.87. The van der Waals surface area contributed by atoms with Crippen molar-refractivity contribution in [1.29, 1.82) is 0 Å². The van der Waals surface area contributed by atoms with E-state index in [-0.39, 0.29) is 0 Å². The molecule has 1 fully saturated rings. The number of hydrogen-bond acceptors (Lipinski definition) is 2. The van der Waals surface area contributed by atoms with Crippen LogP contribution in [0, 0.1) is 0 Å². The maximum atomic E-state index is 3.44. The Morgan fingerprint density at radius 3 is 2.65 bits per heavy atom. The van der Waals surface area contributed by atoms with E-state index in [0.717, 1.165) is 6.04 Å². The highest BCUT2D eigenvalue weighted by Gasteiger charge is 2.38. The van der Waals surface area contributed by atoms with E-state index < -0.39 is 0 Å². The number of nitrogens with one attached hydrogen (secondary N) is 1. The summed E-state index contributed by atoms with van der Waals surface area (Å²) in [7, 11) is 0. The molecule has 1 N–H and O–H groups in total. The minimum Gasteiger partial charge on any atom is -0.314 e. The van der Waals surface area contributed by atoms with Crippen LogP contribution < -0.4 is 5.32 Å². The Labute approximate surface area is 123 Å². The van der Waals surface area contributed by atoms with E-state index in [1.165, 1.54) is 38.9 Å². The molecule has 1 atom stereocenters. The molecule has 0 bridgehead atoms. The summed E-state index contributed by atoms with van der Waals surface area (Å²) in [5.74, 6) is 0. The first-order chi connectivity index (χ1) is 9.63. The zero-order valence-electron chi connectivity index (χ0n) is 13.2. The van der Waals surface area contributed by atoms with Crippen molar-refractivity contribution in [2.45, 2.75) is 57.5 Å². The van der Waals surface area contributed by atoms with Gasteiger partial charge in [-0.3, -0.25) is 4.90 Å². The molecule has 1 heterocycles. The van der Waals surface area contributed by atoms with E-state index in [9.17, 15) is 0 Å². The molecule has 3 rings (SSSR count). The van der Waals surface area contributed by atoms with Crippen LogP contribution in [0.2, 0.25) is 0 Å². The van der Waals surface area contributed by atoms with Crippen LogP contribution in [0.5, 0.6) is 0 Å². The highest BCUT2D eigenvalue weighted by atomic mass is 15.3. The van der Waals surface area contributed by atoms with E-state index in [2.05, 4.69) is 55.3 Å². The van der Waals surface area contributed by atoms with Gasteiger partial charge < -0.3 is 5.32 Å². The summed E-state index contributed by atoms with van der Waals surface area (Å²) in [6.45, 7) is 10.7. The van der Waals surface area contributed by atoms with Crippen LogP contribution in [0.3, 0.4) is 0 Å². The van der Waals surface area contributed by atoms with E-state index >= 15 is 0 Å². The Balaban J connectivity index is 1.93. The maximum absolute atomic E-state index is 3.44. The van der Waals surface area contributed by atoms with E-state index in [1.807, 2.05) is 0 Å². The Morgan fingerprint density at radius 2 is 2.00 bits per heavy atom. The third-order valence-electron chi connectivity index (χ3n) is 5.20. The second kappa shape index (κ2) is 5.50. The standard InChI is InChI=1S/C18H28N2/c1-4-11-20(14-12-19-13-14)17-9-10-18(2,3)16-8-6-5-7-15(16)17/h5-8,14,17,19H,4,9-13H2,1-3H3. The van der Waals surface area contributed by atoms with Gasteiger partial charge in [0, 0.05) is 25.2 Å². The van der Waals surface area contributed by atoms with Gasteiger partial charge >= 0.3 is 0 Å². The topological polar surface area (TPSA) is 15.3 Å². The fraction of sp³-hybridized carbons (Fsp3) is 0.667. The molecule has 1 aromatic carbocycles. The largest absolute Gasteiger partial charge is 0.314 e. The molecular formula is C18H28N2. The van der Waals surface area contributed by atoms with Crippen LogP contribution in [0.4, 0.5) is 0 Å². The van der Waals surface area contributed by atoms with Gasteiger partial charge in [0.1, 0.15) is 0 Å². The molecule has 0 amide bonds. The Hall–Kier alpha value is -0.860. The van der Waals surface area contributed by atoms with Crippen molar-refractivity contribution in [3.63, 3.8) is 0 Å². The number of nitrogens with zero attached hydrogens (tertiary/aromatic N) is 1. The molecule has 2 aliphatic rings. The highest BCUT2D eigenvalue weighted by Crippen LogP contribution is 2.44.